The van der Waals surface area contributed by atoms with Crippen LogP contribution in [0, 0.1) is 13.8 Å². The summed E-state index contributed by atoms with van der Waals surface area (Å²) >= 11 is 0. The van der Waals surface area contributed by atoms with Crippen molar-refractivity contribution in [3.05, 3.63) is 46.8 Å². The van der Waals surface area contributed by atoms with Crippen molar-refractivity contribution in [3.63, 3.8) is 0 Å². The average molecular weight is 392 g/mol. The Balaban J connectivity index is 1.86. The lowest BCUT2D eigenvalue weighted by Crippen LogP contribution is -2.21. The number of carbonyl (C=O) groups excluding carboxylic acids is 1. The molecule has 1 amide bonds. The molecule has 0 bridgehead atoms. The van der Waals surface area contributed by atoms with Gasteiger partial charge in [-0.25, -0.2) is 0 Å². The third-order valence-corrected chi connectivity index (χ3v) is 4.99. The maximum Gasteiger partial charge on any atom is 0.416 e. The third-order valence-electron chi connectivity index (χ3n) is 4.99. The van der Waals surface area contributed by atoms with Gasteiger partial charge in [0.1, 0.15) is 0 Å². The fraction of sp³-hybridized carbons (Fsp3) is 0.400. The molecule has 2 heterocycles. The molecule has 1 aromatic carbocycles. The SMILES string of the molecule is Cc1nn(C)c(C)c1/C=C/C(=O)Nc1cc(C(F)(F)F)ccc1N1CCCC1. The van der Waals surface area contributed by atoms with Gasteiger partial charge in [-0.3, -0.25) is 9.48 Å². The molecule has 1 saturated heterocycles. The first-order chi connectivity index (χ1) is 13.2. The zero-order chi connectivity index (χ0) is 20.5. The Labute approximate surface area is 161 Å². The lowest BCUT2D eigenvalue weighted by Gasteiger charge is -2.22. The molecule has 0 saturated carbocycles. The minimum atomic E-state index is -4.47. The standard InChI is InChI=1S/C20H23F3N4O/c1-13-16(14(2)26(3)25-13)7-9-19(28)24-17-12-15(20(21,22)23)6-8-18(17)27-10-4-5-11-27/h6-9,12H,4-5,10-11H2,1-3H3,(H,24,28)/b9-7+. The van der Waals surface area contributed by atoms with E-state index in [0.717, 1.165) is 55.0 Å². The van der Waals surface area contributed by atoms with Crippen LogP contribution >= 0.6 is 0 Å². The van der Waals surface area contributed by atoms with Crippen molar-refractivity contribution in [1.29, 1.82) is 0 Å². The number of rotatable bonds is 4. The van der Waals surface area contributed by atoms with Gasteiger partial charge >= 0.3 is 6.18 Å². The molecular formula is C20H23F3N4O. The van der Waals surface area contributed by atoms with E-state index in [9.17, 15) is 18.0 Å². The highest BCUT2D eigenvalue weighted by molar-refractivity contribution is 6.04. The Hall–Kier alpha value is -2.77. The first-order valence-corrected chi connectivity index (χ1v) is 9.12. The summed E-state index contributed by atoms with van der Waals surface area (Å²) in [6, 6.07) is 3.49. The van der Waals surface area contributed by atoms with Crippen LogP contribution in [-0.4, -0.2) is 28.8 Å². The van der Waals surface area contributed by atoms with E-state index in [1.165, 1.54) is 12.1 Å². The van der Waals surface area contributed by atoms with Crippen molar-refractivity contribution in [2.45, 2.75) is 32.9 Å². The molecule has 1 aliphatic heterocycles. The van der Waals surface area contributed by atoms with Gasteiger partial charge in [-0.15, -0.1) is 0 Å². The Morgan fingerprint density at radius 1 is 1.21 bits per heavy atom. The van der Waals surface area contributed by atoms with Crippen LogP contribution in [0.2, 0.25) is 0 Å². The first kappa shape index (κ1) is 20.0. The fourth-order valence-corrected chi connectivity index (χ4v) is 3.41. The molecule has 3 rings (SSSR count). The topological polar surface area (TPSA) is 50.2 Å². The summed E-state index contributed by atoms with van der Waals surface area (Å²) in [5.41, 5.74) is 2.50. The van der Waals surface area contributed by atoms with Gasteiger partial charge in [0.2, 0.25) is 5.91 Å². The van der Waals surface area contributed by atoms with Crippen molar-refractivity contribution in [3.8, 4) is 0 Å². The van der Waals surface area contributed by atoms with E-state index in [2.05, 4.69) is 10.4 Å². The monoisotopic (exact) mass is 392 g/mol. The van der Waals surface area contributed by atoms with Crippen LogP contribution in [0.4, 0.5) is 24.5 Å². The molecule has 2 aromatic rings. The maximum atomic E-state index is 13.1. The van der Waals surface area contributed by atoms with E-state index in [1.54, 1.807) is 10.8 Å². The quantitative estimate of drug-likeness (QED) is 0.789. The smallest absolute Gasteiger partial charge is 0.370 e. The Kier molecular flexibility index (Phi) is 5.49. The van der Waals surface area contributed by atoms with Gasteiger partial charge < -0.3 is 10.2 Å². The van der Waals surface area contributed by atoms with Crippen molar-refractivity contribution in [1.82, 2.24) is 9.78 Å². The van der Waals surface area contributed by atoms with Crippen LogP contribution < -0.4 is 10.2 Å². The van der Waals surface area contributed by atoms with Crippen LogP contribution in [0.15, 0.2) is 24.3 Å². The summed E-state index contributed by atoms with van der Waals surface area (Å²) < 4.78 is 41.1. The number of aryl methyl sites for hydroxylation is 2. The normalized spacial score (nSPS) is 14.9. The molecular weight excluding hydrogens is 369 g/mol. The zero-order valence-corrected chi connectivity index (χ0v) is 16.1. The summed E-state index contributed by atoms with van der Waals surface area (Å²) in [5.74, 6) is -0.484. The third kappa shape index (κ3) is 4.21. The molecule has 150 valence electrons. The summed E-state index contributed by atoms with van der Waals surface area (Å²) in [5, 5.41) is 6.90. The molecule has 0 spiro atoms. The second kappa shape index (κ2) is 7.69. The number of aromatic nitrogens is 2. The van der Waals surface area contributed by atoms with Crippen molar-refractivity contribution in [2.24, 2.45) is 7.05 Å². The molecule has 5 nitrogen and oxygen atoms in total. The average Bonchev–Trinajstić information content (AvgIpc) is 3.22. The second-order valence-electron chi connectivity index (χ2n) is 6.95. The van der Waals surface area contributed by atoms with Crippen molar-refractivity contribution >= 4 is 23.4 Å². The molecule has 1 aromatic heterocycles. The molecule has 1 fully saturated rings. The predicted octanol–water partition coefficient (Wildman–Crippen LogP) is 4.31. The number of carbonyl (C=O) groups is 1. The van der Waals surface area contributed by atoms with Gasteiger partial charge in [0.05, 0.1) is 22.6 Å². The number of hydrogen-bond donors (Lipinski definition) is 1. The predicted molar refractivity (Wildman–Crippen MR) is 103 cm³/mol. The molecule has 8 heteroatoms. The van der Waals surface area contributed by atoms with Crippen LogP contribution in [0.1, 0.15) is 35.4 Å². The maximum absolute atomic E-state index is 13.1. The van der Waals surface area contributed by atoms with Crippen LogP contribution in [-0.2, 0) is 18.0 Å². The molecule has 0 aliphatic carbocycles. The zero-order valence-electron chi connectivity index (χ0n) is 16.1. The summed E-state index contributed by atoms with van der Waals surface area (Å²) in [7, 11) is 1.81. The number of anilines is 2. The first-order valence-electron chi connectivity index (χ1n) is 9.12. The van der Waals surface area contributed by atoms with Gasteiger partial charge in [0.15, 0.2) is 0 Å². The second-order valence-corrected chi connectivity index (χ2v) is 6.95. The lowest BCUT2D eigenvalue weighted by molar-refractivity contribution is -0.137. The van der Waals surface area contributed by atoms with E-state index >= 15 is 0 Å². The van der Waals surface area contributed by atoms with Crippen LogP contribution in [0.3, 0.4) is 0 Å². The Bertz CT molecular complexity index is 909. The molecule has 28 heavy (non-hydrogen) atoms. The molecule has 0 atom stereocenters. The fourth-order valence-electron chi connectivity index (χ4n) is 3.41. The van der Waals surface area contributed by atoms with Crippen LogP contribution in [0.25, 0.3) is 6.08 Å². The Morgan fingerprint density at radius 3 is 2.46 bits per heavy atom. The highest BCUT2D eigenvalue weighted by Gasteiger charge is 2.31. The number of alkyl halides is 3. The summed E-state index contributed by atoms with van der Waals surface area (Å²) in [4.78, 5) is 14.4. The molecule has 1 N–H and O–H groups in total. The molecule has 1 aliphatic rings. The van der Waals surface area contributed by atoms with E-state index in [1.807, 2.05) is 25.8 Å². The van der Waals surface area contributed by atoms with E-state index < -0.39 is 17.6 Å². The van der Waals surface area contributed by atoms with E-state index in [-0.39, 0.29) is 5.69 Å². The number of nitrogens with one attached hydrogen (secondary N) is 1. The highest BCUT2D eigenvalue weighted by Crippen LogP contribution is 2.36. The highest BCUT2D eigenvalue weighted by atomic mass is 19.4. The van der Waals surface area contributed by atoms with E-state index in [0.29, 0.717) is 5.69 Å². The van der Waals surface area contributed by atoms with Crippen molar-refractivity contribution in [2.75, 3.05) is 23.3 Å². The number of amides is 1. The summed E-state index contributed by atoms with van der Waals surface area (Å²) in [6.45, 7) is 5.25. The van der Waals surface area contributed by atoms with Gasteiger partial charge in [0, 0.05) is 37.5 Å². The van der Waals surface area contributed by atoms with Gasteiger partial charge in [-0.05, 0) is 51.0 Å². The number of halogens is 3. The molecule has 0 radical (unpaired) electrons. The van der Waals surface area contributed by atoms with Gasteiger partial charge in [0.25, 0.3) is 0 Å². The Morgan fingerprint density at radius 2 is 1.89 bits per heavy atom. The van der Waals surface area contributed by atoms with Crippen molar-refractivity contribution < 1.29 is 18.0 Å². The lowest BCUT2D eigenvalue weighted by atomic mass is 10.1. The number of benzene rings is 1. The van der Waals surface area contributed by atoms with Gasteiger partial charge in [-0.1, -0.05) is 0 Å². The number of nitrogens with zero attached hydrogens (tertiary/aromatic N) is 3. The minimum absolute atomic E-state index is 0.172. The largest absolute Gasteiger partial charge is 0.416 e. The minimum Gasteiger partial charge on any atom is -0.370 e. The molecule has 0 unspecified atom stereocenters. The van der Waals surface area contributed by atoms with E-state index in [4.69, 9.17) is 0 Å². The number of hydrogen-bond acceptors (Lipinski definition) is 3. The van der Waals surface area contributed by atoms with Gasteiger partial charge in [-0.2, -0.15) is 18.3 Å². The summed E-state index contributed by atoms with van der Waals surface area (Å²) in [6.07, 6.45) is 0.450. The van der Waals surface area contributed by atoms with Crippen LogP contribution in [0.5, 0.6) is 0 Å².